The van der Waals surface area contributed by atoms with Crippen molar-refractivity contribution in [3.8, 4) is 11.5 Å². The lowest BCUT2D eigenvalue weighted by atomic mass is 9.82. The van der Waals surface area contributed by atoms with Crippen molar-refractivity contribution in [2.24, 2.45) is 5.41 Å². The number of nitrogens with one attached hydrogen (secondary N) is 4. The Morgan fingerprint density at radius 3 is 2.54 bits per heavy atom. The highest BCUT2D eigenvalue weighted by Crippen LogP contribution is 2.41. The van der Waals surface area contributed by atoms with Crippen molar-refractivity contribution in [1.82, 2.24) is 14.9 Å². The Balaban J connectivity index is 1.54. The summed E-state index contributed by atoms with van der Waals surface area (Å²) in [4.78, 5) is 23.5. The van der Waals surface area contributed by atoms with Gasteiger partial charge in [0, 0.05) is 20.5 Å². The van der Waals surface area contributed by atoms with E-state index in [4.69, 9.17) is 14.7 Å². The zero-order valence-corrected chi connectivity index (χ0v) is 21.8. The lowest BCUT2D eigenvalue weighted by Crippen LogP contribution is -2.27. The van der Waals surface area contributed by atoms with Crippen LogP contribution in [0.5, 0.6) is 11.5 Å². The van der Waals surface area contributed by atoms with Gasteiger partial charge in [0.2, 0.25) is 0 Å². The number of ether oxygens (including phenoxy) is 1. The Morgan fingerprint density at radius 2 is 1.84 bits per heavy atom. The van der Waals surface area contributed by atoms with Crippen molar-refractivity contribution in [3.05, 3.63) is 53.1 Å². The van der Waals surface area contributed by atoms with Crippen LogP contribution in [0.4, 0.5) is 29.0 Å². The number of benzene rings is 2. The molecule has 194 valence electrons. The monoisotopic (exact) mass is 503 g/mol. The van der Waals surface area contributed by atoms with Gasteiger partial charge in [-0.05, 0) is 34.7 Å². The fraction of sp³-hybridized carbons (Fsp3) is 0.370. The first-order valence-corrected chi connectivity index (χ1v) is 12.3. The highest BCUT2D eigenvalue weighted by molar-refractivity contribution is 5.98. The molecule has 1 atom stereocenters. The molecule has 37 heavy (non-hydrogen) atoms. The van der Waals surface area contributed by atoms with Gasteiger partial charge in [-0.1, -0.05) is 39.0 Å². The van der Waals surface area contributed by atoms with E-state index in [0.29, 0.717) is 42.2 Å². The summed E-state index contributed by atoms with van der Waals surface area (Å²) in [5.41, 5.74) is 2.66. The number of amides is 1. The standard InChI is InChI=1S/C27H33N7O3/c1-27(2,3)21(16-10-9-15-11-12-37-19(15)13-16)31-25-24(32-22-23(33-25)29-14-28-22)30-18-8-6-7-17(20(18)35)26(36)34(4)5/h6-10,13,21,35H,11-12,14H2,1-5H3,(H2,28,30,32)(H2,29,31,33)/t21-/m0/s1. The number of hydrogen-bond donors (Lipinski definition) is 5. The molecule has 5 N–H and O–H groups in total. The SMILES string of the molecule is CN(C)C(=O)c1cccc(Nc2nc3c(nc2N[C@@H](c2ccc4c(c2)OCC4)C(C)(C)C)NCN3)c1O. The molecule has 10 heteroatoms. The van der Waals surface area contributed by atoms with E-state index >= 15 is 0 Å². The highest BCUT2D eigenvalue weighted by atomic mass is 16.5. The summed E-state index contributed by atoms with van der Waals surface area (Å²) < 4.78 is 5.83. The van der Waals surface area contributed by atoms with E-state index in [9.17, 15) is 9.90 Å². The molecule has 5 rings (SSSR count). The second kappa shape index (κ2) is 9.34. The molecule has 0 fully saturated rings. The second-order valence-corrected chi connectivity index (χ2v) is 10.6. The van der Waals surface area contributed by atoms with E-state index in [-0.39, 0.29) is 28.7 Å². The van der Waals surface area contributed by atoms with Gasteiger partial charge in [-0.25, -0.2) is 9.97 Å². The molecule has 10 nitrogen and oxygen atoms in total. The molecule has 3 aromatic rings. The van der Waals surface area contributed by atoms with Gasteiger partial charge in [-0.15, -0.1) is 0 Å². The van der Waals surface area contributed by atoms with Crippen LogP contribution in [0.15, 0.2) is 36.4 Å². The smallest absolute Gasteiger partial charge is 0.257 e. The minimum Gasteiger partial charge on any atom is -0.505 e. The fourth-order valence-corrected chi connectivity index (χ4v) is 4.57. The van der Waals surface area contributed by atoms with E-state index in [1.54, 1.807) is 32.3 Å². The van der Waals surface area contributed by atoms with E-state index < -0.39 is 0 Å². The molecule has 0 aliphatic carbocycles. The number of hydrogen-bond acceptors (Lipinski definition) is 9. The van der Waals surface area contributed by atoms with Gasteiger partial charge < -0.3 is 36.0 Å². The number of carbonyl (C=O) groups is 1. The van der Waals surface area contributed by atoms with Crippen molar-refractivity contribution in [1.29, 1.82) is 0 Å². The molecular weight excluding hydrogens is 470 g/mol. The third-order valence-electron chi connectivity index (χ3n) is 6.53. The largest absolute Gasteiger partial charge is 0.505 e. The first-order chi connectivity index (χ1) is 17.6. The fourth-order valence-electron chi connectivity index (χ4n) is 4.57. The Labute approximate surface area is 216 Å². The van der Waals surface area contributed by atoms with E-state index in [0.717, 1.165) is 17.7 Å². The first kappa shape index (κ1) is 24.5. The van der Waals surface area contributed by atoms with Crippen molar-refractivity contribution in [2.75, 3.05) is 48.6 Å². The summed E-state index contributed by atoms with van der Waals surface area (Å²) >= 11 is 0. The van der Waals surface area contributed by atoms with E-state index in [2.05, 4.69) is 60.2 Å². The average Bonchev–Trinajstić information content (AvgIpc) is 3.51. The third kappa shape index (κ3) is 4.78. The molecule has 2 aliphatic heterocycles. The number of phenolic OH excluding ortho intramolecular Hbond substituents is 1. The summed E-state index contributed by atoms with van der Waals surface area (Å²) in [6.45, 7) is 7.70. The van der Waals surface area contributed by atoms with Crippen molar-refractivity contribution < 1.29 is 14.6 Å². The Bertz CT molecular complexity index is 1350. The van der Waals surface area contributed by atoms with Crippen LogP contribution in [0.25, 0.3) is 0 Å². The normalized spacial score (nSPS) is 14.5. The van der Waals surface area contributed by atoms with Crippen LogP contribution in [0.1, 0.15) is 48.3 Å². The minimum absolute atomic E-state index is 0.125. The molecule has 0 bridgehead atoms. The van der Waals surface area contributed by atoms with Crippen LogP contribution in [0.3, 0.4) is 0 Å². The Kier molecular flexibility index (Phi) is 6.18. The van der Waals surface area contributed by atoms with Crippen LogP contribution in [-0.2, 0) is 6.42 Å². The van der Waals surface area contributed by atoms with Gasteiger partial charge in [0.05, 0.1) is 30.6 Å². The average molecular weight is 504 g/mol. The van der Waals surface area contributed by atoms with Gasteiger partial charge in [-0.2, -0.15) is 0 Å². The zero-order chi connectivity index (χ0) is 26.3. The molecule has 3 heterocycles. The molecule has 0 spiro atoms. The summed E-state index contributed by atoms with van der Waals surface area (Å²) in [6, 6.07) is 11.2. The third-order valence-corrected chi connectivity index (χ3v) is 6.53. The van der Waals surface area contributed by atoms with Crippen molar-refractivity contribution in [2.45, 2.75) is 33.2 Å². The van der Waals surface area contributed by atoms with Gasteiger partial charge >= 0.3 is 0 Å². The summed E-state index contributed by atoms with van der Waals surface area (Å²) in [7, 11) is 3.29. The molecular formula is C27H33N7O3. The molecule has 0 unspecified atom stereocenters. The number of rotatable bonds is 6. The van der Waals surface area contributed by atoms with Gasteiger partial charge in [0.15, 0.2) is 29.0 Å². The number of aromatic nitrogens is 2. The number of para-hydroxylation sites is 1. The van der Waals surface area contributed by atoms with Crippen LogP contribution < -0.4 is 26.0 Å². The quantitative estimate of drug-likeness (QED) is 0.308. The van der Waals surface area contributed by atoms with Gasteiger partial charge in [-0.3, -0.25) is 4.79 Å². The molecule has 0 saturated carbocycles. The van der Waals surface area contributed by atoms with Crippen LogP contribution in [0, 0.1) is 5.41 Å². The number of aromatic hydroxyl groups is 1. The Hall–Kier alpha value is -4.21. The predicted molar refractivity (Wildman–Crippen MR) is 145 cm³/mol. The molecule has 0 saturated heterocycles. The molecule has 2 aliphatic rings. The highest BCUT2D eigenvalue weighted by Gasteiger charge is 2.30. The first-order valence-electron chi connectivity index (χ1n) is 12.3. The number of anilines is 5. The number of nitrogens with zero attached hydrogens (tertiary/aromatic N) is 3. The second-order valence-electron chi connectivity index (χ2n) is 10.6. The van der Waals surface area contributed by atoms with Crippen molar-refractivity contribution in [3.63, 3.8) is 0 Å². The van der Waals surface area contributed by atoms with E-state index in [1.165, 1.54) is 10.5 Å². The molecule has 1 aromatic heterocycles. The predicted octanol–water partition coefficient (Wildman–Crippen LogP) is 4.56. The minimum atomic E-state index is -0.294. The molecule has 1 amide bonds. The van der Waals surface area contributed by atoms with Gasteiger partial charge in [0.25, 0.3) is 5.91 Å². The topological polar surface area (TPSA) is 124 Å². The summed E-state index contributed by atoms with van der Waals surface area (Å²) in [5, 5.41) is 24.1. The summed E-state index contributed by atoms with van der Waals surface area (Å²) in [5.74, 6) is 2.65. The lowest BCUT2D eigenvalue weighted by Gasteiger charge is -2.33. The van der Waals surface area contributed by atoms with Crippen LogP contribution in [-0.4, -0.2) is 53.3 Å². The maximum Gasteiger partial charge on any atom is 0.257 e. The van der Waals surface area contributed by atoms with Gasteiger partial charge in [0.1, 0.15) is 5.75 Å². The maximum atomic E-state index is 12.6. The van der Waals surface area contributed by atoms with Crippen LogP contribution in [0.2, 0.25) is 0 Å². The molecule has 0 radical (unpaired) electrons. The Morgan fingerprint density at radius 1 is 1.11 bits per heavy atom. The summed E-state index contributed by atoms with van der Waals surface area (Å²) in [6.07, 6.45) is 0.922. The zero-order valence-electron chi connectivity index (χ0n) is 21.8. The van der Waals surface area contributed by atoms with Crippen LogP contribution >= 0.6 is 0 Å². The number of fused-ring (bicyclic) bond motifs is 2. The van der Waals surface area contributed by atoms with Crippen molar-refractivity contribution >= 4 is 34.9 Å². The number of phenols is 1. The molecule has 2 aromatic carbocycles. The number of carbonyl (C=O) groups excluding carboxylic acids is 1. The maximum absolute atomic E-state index is 12.6. The lowest BCUT2D eigenvalue weighted by molar-refractivity contribution is 0.0824. The van der Waals surface area contributed by atoms with E-state index in [1.807, 2.05) is 0 Å².